The van der Waals surface area contributed by atoms with Gasteiger partial charge in [0.1, 0.15) is 11.6 Å². The van der Waals surface area contributed by atoms with Gasteiger partial charge in [0.25, 0.3) is 0 Å². The lowest BCUT2D eigenvalue weighted by Crippen LogP contribution is -2.13. The predicted molar refractivity (Wildman–Crippen MR) is 166 cm³/mol. The number of nitrogens with zero attached hydrogens (tertiary/aromatic N) is 4. The van der Waals surface area contributed by atoms with E-state index < -0.39 is 0 Å². The smallest absolute Gasteiger partial charge is 0.219 e. The summed E-state index contributed by atoms with van der Waals surface area (Å²) in [5.41, 5.74) is 7.59. The molecule has 0 amide bonds. The van der Waals surface area contributed by atoms with Crippen LogP contribution < -0.4 is 9.64 Å². The van der Waals surface area contributed by atoms with Crippen molar-refractivity contribution in [1.29, 1.82) is 0 Å². The van der Waals surface area contributed by atoms with E-state index in [-0.39, 0.29) is 0 Å². The summed E-state index contributed by atoms with van der Waals surface area (Å²) in [5, 5.41) is 2.38. The Kier molecular flexibility index (Phi) is 5.38. The number of benzene rings is 4. The summed E-state index contributed by atoms with van der Waals surface area (Å²) in [7, 11) is 0. The van der Waals surface area contributed by atoms with Crippen LogP contribution in [0.5, 0.6) is 11.6 Å². The molecule has 0 saturated heterocycles. The second-order valence-electron chi connectivity index (χ2n) is 9.97. The quantitative estimate of drug-likeness (QED) is 0.228. The average Bonchev–Trinajstić information content (AvgIpc) is 3.25. The first-order valence-corrected chi connectivity index (χ1v) is 13.6. The maximum Gasteiger partial charge on any atom is 0.219 e. The molecular weight excluding hydrogens is 504 g/mol. The SMILES string of the molecule is C1=Cc2cccnc2N(c2ccc3c4ccccc4n(-c4cccc(Oc5ccccn5)c4)c3c2)c2ccccc21. The standard InChI is InChI=1S/C36H24N4O/c1-3-14-32-25(9-1)17-18-26-10-8-22-38-36(26)40(32)28-19-20-31-30-13-2-4-15-33(30)39(34(31)24-28)27-11-7-12-29(23-27)41-35-16-5-6-21-37-35/h1-24H. The molecule has 0 N–H and O–H groups in total. The topological polar surface area (TPSA) is 43.2 Å². The minimum Gasteiger partial charge on any atom is -0.439 e. The number of hydrogen-bond donors (Lipinski definition) is 0. The Balaban J connectivity index is 1.35. The van der Waals surface area contributed by atoms with Gasteiger partial charge in [-0.05, 0) is 60.2 Å². The van der Waals surface area contributed by atoms with Crippen LogP contribution in [0.3, 0.4) is 0 Å². The molecule has 3 aromatic heterocycles. The zero-order valence-corrected chi connectivity index (χ0v) is 22.1. The van der Waals surface area contributed by atoms with Crippen LogP contribution in [0.4, 0.5) is 17.2 Å². The first kappa shape index (κ1) is 23.2. The molecule has 1 aliphatic rings. The van der Waals surface area contributed by atoms with Gasteiger partial charge in [0, 0.05) is 52.2 Å². The second kappa shape index (κ2) is 9.50. The number of aromatic nitrogens is 3. The highest BCUT2D eigenvalue weighted by Gasteiger charge is 2.22. The van der Waals surface area contributed by atoms with Crippen molar-refractivity contribution in [3.8, 4) is 17.3 Å². The van der Waals surface area contributed by atoms with E-state index in [0.717, 1.165) is 50.8 Å². The highest BCUT2D eigenvalue weighted by molar-refractivity contribution is 6.10. The van der Waals surface area contributed by atoms with Crippen molar-refractivity contribution >= 4 is 51.2 Å². The first-order valence-electron chi connectivity index (χ1n) is 13.6. The molecule has 0 unspecified atom stereocenters. The molecular formula is C36H24N4O. The zero-order chi connectivity index (χ0) is 27.2. The fourth-order valence-electron chi connectivity index (χ4n) is 5.70. The number of fused-ring (bicyclic) bond motifs is 5. The molecule has 8 rings (SSSR count). The molecule has 0 radical (unpaired) electrons. The number of ether oxygens (including phenoxy) is 1. The minimum atomic E-state index is 0.564. The van der Waals surface area contributed by atoms with Crippen molar-refractivity contribution < 1.29 is 4.74 Å². The van der Waals surface area contributed by atoms with Crippen LogP contribution in [0.2, 0.25) is 0 Å². The van der Waals surface area contributed by atoms with E-state index in [9.17, 15) is 0 Å². The third kappa shape index (κ3) is 3.95. The van der Waals surface area contributed by atoms with E-state index in [1.807, 2.05) is 42.6 Å². The molecule has 194 valence electrons. The predicted octanol–water partition coefficient (Wildman–Crippen LogP) is 9.32. The molecule has 5 nitrogen and oxygen atoms in total. The summed E-state index contributed by atoms with van der Waals surface area (Å²) in [4.78, 5) is 11.4. The molecule has 4 aromatic carbocycles. The minimum absolute atomic E-state index is 0.564. The van der Waals surface area contributed by atoms with Gasteiger partial charge < -0.3 is 9.30 Å². The van der Waals surface area contributed by atoms with Gasteiger partial charge in [0.05, 0.1) is 16.7 Å². The van der Waals surface area contributed by atoms with Gasteiger partial charge in [0.2, 0.25) is 5.88 Å². The third-order valence-corrected chi connectivity index (χ3v) is 7.50. The van der Waals surface area contributed by atoms with Gasteiger partial charge in [-0.25, -0.2) is 9.97 Å². The van der Waals surface area contributed by atoms with E-state index in [4.69, 9.17) is 9.72 Å². The second-order valence-corrected chi connectivity index (χ2v) is 9.97. The van der Waals surface area contributed by atoms with Crippen molar-refractivity contribution in [3.05, 3.63) is 145 Å². The third-order valence-electron chi connectivity index (χ3n) is 7.50. The number of para-hydroxylation sites is 2. The molecule has 0 fully saturated rings. The summed E-state index contributed by atoms with van der Waals surface area (Å²) >= 11 is 0. The Bertz CT molecular complexity index is 2050. The van der Waals surface area contributed by atoms with Crippen LogP contribution in [0, 0.1) is 0 Å². The molecule has 0 saturated carbocycles. The molecule has 0 atom stereocenters. The summed E-state index contributed by atoms with van der Waals surface area (Å²) in [5.74, 6) is 2.20. The number of rotatable bonds is 4. The average molecular weight is 529 g/mol. The summed E-state index contributed by atoms with van der Waals surface area (Å²) < 4.78 is 8.41. The monoisotopic (exact) mass is 528 g/mol. The van der Waals surface area contributed by atoms with Crippen molar-refractivity contribution in [2.45, 2.75) is 0 Å². The van der Waals surface area contributed by atoms with Gasteiger partial charge in [-0.1, -0.05) is 66.7 Å². The van der Waals surface area contributed by atoms with E-state index in [0.29, 0.717) is 5.88 Å². The molecule has 41 heavy (non-hydrogen) atoms. The van der Waals surface area contributed by atoms with Crippen LogP contribution in [0.25, 0.3) is 39.6 Å². The Morgan fingerprint density at radius 3 is 2.29 bits per heavy atom. The number of hydrogen-bond acceptors (Lipinski definition) is 4. The van der Waals surface area contributed by atoms with Gasteiger partial charge >= 0.3 is 0 Å². The van der Waals surface area contributed by atoms with Crippen molar-refractivity contribution in [1.82, 2.24) is 14.5 Å². The van der Waals surface area contributed by atoms with Gasteiger partial charge in [-0.3, -0.25) is 4.90 Å². The fraction of sp³-hybridized carbons (Fsp3) is 0. The fourth-order valence-corrected chi connectivity index (χ4v) is 5.70. The zero-order valence-electron chi connectivity index (χ0n) is 22.1. The molecule has 1 aliphatic heterocycles. The lowest BCUT2D eigenvalue weighted by Gasteiger charge is -2.26. The highest BCUT2D eigenvalue weighted by Crippen LogP contribution is 2.43. The van der Waals surface area contributed by atoms with Gasteiger partial charge in [-0.2, -0.15) is 0 Å². The normalized spacial score (nSPS) is 12.2. The van der Waals surface area contributed by atoms with Gasteiger partial charge in [0.15, 0.2) is 0 Å². The number of pyridine rings is 2. The lowest BCUT2D eigenvalue weighted by atomic mass is 10.1. The number of anilines is 3. The van der Waals surface area contributed by atoms with Crippen LogP contribution in [-0.2, 0) is 0 Å². The highest BCUT2D eigenvalue weighted by atomic mass is 16.5. The van der Waals surface area contributed by atoms with Gasteiger partial charge in [-0.15, -0.1) is 0 Å². The van der Waals surface area contributed by atoms with Crippen molar-refractivity contribution in [2.75, 3.05) is 4.90 Å². The summed E-state index contributed by atoms with van der Waals surface area (Å²) in [6.07, 6.45) is 7.90. The Morgan fingerprint density at radius 2 is 1.34 bits per heavy atom. The summed E-state index contributed by atoms with van der Waals surface area (Å²) in [6, 6.07) is 41.6. The molecule has 7 aromatic rings. The first-order chi connectivity index (χ1) is 20.3. The maximum atomic E-state index is 6.10. The van der Waals surface area contributed by atoms with E-state index in [1.165, 1.54) is 10.8 Å². The Morgan fingerprint density at radius 1 is 0.537 bits per heavy atom. The van der Waals surface area contributed by atoms with E-state index >= 15 is 0 Å². The Hall–Kier alpha value is -5.68. The van der Waals surface area contributed by atoms with E-state index in [1.54, 1.807) is 6.20 Å². The summed E-state index contributed by atoms with van der Waals surface area (Å²) in [6.45, 7) is 0. The van der Waals surface area contributed by atoms with Crippen LogP contribution in [-0.4, -0.2) is 14.5 Å². The molecule has 0 aliphatic carbocycles. The molecule has 4 heterocycles. The van der Waals surface area contributed by atoms with Crippen molar-refractivity contribution in [2.24, 2.45) is 0 Å². The maximum absolute atomic E-state index is 6.10. The largest absolute Gasteiger partial charge is 0.439 e. The lowest BCUT2D eigenvalue weighted by molar-refractivity contribution is 0.463. The van der Waals surface area contributed by atoms with E-state index in [2.05, 4.69) is 112 Å². The Labute approximate surface area is 237 Å². The molecule has 0 spiro atoms. The van der Waals surface area contributed by atoms with Crippen LogP contribution >= 0.6 is 0 Å². The van der Waals surface area contributed by atoms with Crippen LogP contribution in [0.15, 0.2) is 134 Å². The molecule has 5 heteroatoms. The van der Waals surface area contributed by atoms with Crippen molar-refractivity contribution in [3.63, 3.8) is 0 Å². The van der Waals surface area contributed by atoms with Crippen LogP contribution in [0.1, 0.15) is 11.1 Å². The molecule has 0 bridgehead atoms.